The third kappa shape index (κ3) is 3.22. The number of carbonyl (C=O) groups is 1. The molecule has 2 heterocycles. The van der Waals surface area contributed by atoms with Crippen LogP contribution in [0.25, 0.3) is 10.8 Å². The maximum absolute atomic E-state index is 12.4. The van der Waals surface area contributed by atoms with Crippen molar-refractivity contribution in [3.8, 4) is 5.75 Å². The van der Waals surface area contributed by atoms with Crippen LogP contribution in [0.3, 0.4) is 0 Å². The monoisotopic (exact) mass is 380 g/mol. The van der Waals surface area contributed by atoms with Crippen LogP contribution >= 0.6 is 11.3 Å². The van der Waals surface area contributed by atoms with E-state index in [4.69, 9.17) is 4.74 Å². The van der Waals surface area contributed by atoms with E-state index in [1.807, 2.05) is 30.3 Å². The van der Waals surface area contributed by atoms with E-state index in [-0.39, 0.29) is 11.7 Å². The molecule has 0 atom stereocenters. The number of benzene rings is 2. The van der Waals surface area contributed by atoms with Gasteiger partial charge < -0.3 is 14.7 Å². The zero-order valence-electron chi connectivity index (χ0n) is 15.2. The Bertz CT molecular complexity index is 1060. The molecular weight excluding hydrogens is 360 g/mol. The van der Waals surface area contributed by atoms with Crippen LogP contribution in [0.4, 0.5) is 5.00 Å². The molecule has 0 fully saturated rings. The fraction of sp³-hybridized carbons (Fsp3) is 0.238. The van der Waals surface area contributed by atoms with Gasteiger partial charge in [0.05, 0.1) is 12.7 Å². The zero-order chi connectivity index (χ0) is 19.0. The van der Waals surface area contributed by atoms with Gasteiger partial charge in [0.1, 0.15) is 10.8 Å². The molecule has 0 bridgehead atoms. The summed E-state index contributed by atoms with van der Waals surface area (Å²) in [5.41, 5.74) is 2.24. The number of esters is 1. The standard InChI is InChI=1S/C21H20N2O3S/c1-23-10-9-15-18(12-23)27-20(19(15)21(25)26-2)22-11-16-14-6-4-3-5-13(14)7-8-17(16)24/h3-8,11,24H,9-10,12H2,1-2H3. The summed E-state index contributed by atoms with van der Waals surface area (Å²) in [4.78, 5) is 20.4. The largest absolute Gasteiger partial charge is 0.507 e. The Balaban J connectivity index is 1.81. The second kappa shape index (κ2) is 7.13. The maximum atomic E-state index is 12.4. The average Bonchev–Trinajstić information content (AvgIpc) is 3.03. The number of hydrogen-bond donors (Lipinski definition) is 1. The Labute approximate surface area is 161 Å². The Morgan fingerprint density at radius 3 is 2.93 bits per heavy atom. The average molecular weight is 380 g/mol. The molecular formula is C21H20N2O3S. The predicted molar refractivity (Wildman–Crippen MR) is 109 cm³/mol. The molecule has 0 saturated carbocycles. The minimum atomic E-state index is -0.355. The second-order valence-corrected chi connectivity index (χ2v) is 7.72. The van der Waals surface area contributed by atoms with Crippen molar-refractivity contribution in [2.75, 3.05) is 20.7 Å². The Morgan fingerprint density at radius 1 is 1.30 bits per heavy atom. The van der Waals surface area contributed by atoms with Crippen LogP contribution in [0.2, 0.25) is 0 Å². The molecule has 2 aromatic carbocycles. The molecule has 0 unspecified atom stereocenters. The first-order valence-corrected chi connectivity index (χ1v) is 9.56. The lowest BCUT2D eigenvalue weighted by atomic mass is 10.0. The lowest BCUT2D eigenvalue weighted by Gasteiger charge is -2.22. The van der Waals surface area contributed by atoms with Gasteiger partial charge >= 0.3 is 5.97 Å². The molecule has 3 aromatic rings. The fourth-order valence-electron chi connectivity index (χ4n) is 3.46. The highest BCUT2D eigenvalue weighted by atomic mass is 32.1. The molecule has 27 heavy (non-hydrogen) atoms. The Kier molecular flexibility index (Phi) is 4.68. The summed E-state index contributed by atoms with van der Waals surface area (Å²) in [7, 11) is 3.46. The molecule has 4 rings (SSSR count). The third-order valence-corrected chi connectivity index (χ3v) is 6.00. The van der Waals surface area contributed by atoms with Crippen molar-refractivity contribution in [1.82, 2.24) is 4.90 Å². The summed E-state index contributed by atoms with van der Waals surface area (Å²) < 4.78 is 5.01. The lowest BCUT2D eigenvalue weighted by molar-refractivity contribution is 0.0600. The van der Waals surface area contributed by atoms with E-state index in [2.05, 4.69) is 16.9 Å². The van der Waals surface area contributed by atoms with Crippen LogP contribution in [0, 0.1) is 0 Å². The van der Waals surface area contributed by atoms with Crippen LogP contribution < -0.4 is 0 Å². The number of carbonyl (C=O) groups excluding carboxylic acids is 1. The highest BCUT2D eigenvalue weighted by Crippen LogP contribution is 2.39. The van der Waals surface area contributed by atoms with Crippen molar-refractivity contribution in [3.05, 3.63) is 58.0 Å². The van der Waals surface area contributed by atoms with E-state index in [1.54, 1.807) is 12.3 Å². The number of aromatic hydroxyl groups is 1. The summed E-state index contributed by atoms with van der Waals surface area (Å²) in [6, 6.07) is 11.4. The van der Waals surface area contributed by atoms with Crippen molar-refractivity contribution in [2.24, 2.45) is 4.99 Å². The summed E-state index contributed by atoms with van der Waals surface area (Å²) in [6.07, 6.45) is 2.45. The summed E-state index contributed by atoms with van der Waals surface area (Å²) in [5.74, 6) is -0.190. The van der Waals surface area contributed by atoms with Gasteiger partial charge in [0, 0.05) is 29.7 Å². The van der Waals surface area contributed by atoms with Crippen LogP contribution in [0.5, 0.6) is 5.75 Å². The molecule has 1 aliphatic rings. The van der Waals surface area contributed by atoms with E-state index >= 15 is 0 Å². The van der Waals surface area contributed by atoms with Crippen LogP contribution in [-0.2, 0) is 17.7 Å². The van der Waals surface area contributed by atoms with Crippen LogP contribution in [-0.4, -0.2) is 42.9 Å². The topological polar surface area (TPSA) is 62.1 Å². The molecule has 1 N–H and O–H groups in total. The van der Waals surface area contributed by atoms with E-state index in [0.717, 1.165) is 40.7 Å². The normalized spacial score (nSPS) is 14.6. The number of fused-ring (bicyclic) bond motifs is 2. The van der Waals surface area contributed by atoms with Gasteiger partial charge in [0.25, 0.3) is 0 Å². The van der Waals surface area contributed by atoms with Crippen LogP contribution in [0.1, 0.15) is 26.4 Å². The van der Waals surface area contributed by atoms with Gasteiger partial charge in [-0.25, -0.2) is 9.79 Å². The highest BCUT2D eigenvalue weighted by Gasteiger charge is 2.27. The molecule has 5 nitrogen and oxygen atoms in total. The van der Waals surface area contributed by atoms with Gasteiger partial charge in [-0.3, -0.25) is 0 Å². The Morgan fingerprint density at radius 2 is 2.11 bits per heavy atom. The molecule has 6 heteroatoms. The van der Waals surface area contributed by atoms with Crippen molar-refractivity contribution in [2.45, 2.75) is 13.0 Å². The summed E-state index contributed by atoms with van der Waals surface area (Å²) in [5, 5.41) is 12.9. The number of rotatable bonds is 3. The summed E-state index contributed by atoms with van der Waals surface area (Å²) >= 11 is 1.52. The first-order chi connectivity index (χ1) is 13.1. The van der Waals surface area contributed by atoms with Gasteiger partial charge in [0.2, 0.25) is 0 Å². The number of phenols is 1. The molecule has 0 spiro atoms. The van der Waals surface area contributed by atoms with Gasteiger partial charge in [-0.05, 0) is 35.9 Å². The highest BCUT2D eigenvalue weighted by molar-refractivity contribution is 7.16. The van der Waals surface area contributed by atoms with E-state index in [0.29, 0.717) is 16.1 Å². The number of hydrogen-bond acceptors (Lipinski definition) is 6. The van der Waals surface area contributed by atoms with E-state index in [9.17, 15) is 9.90 Å². The van der Waals surface area contributed by atoms with Crippen molar-refractivity contribution < 1.29 is 14.6 Å². The molecule has 0 aliphatic carbocycles. The van der Waals surface area contributed by atoms with Crippen molar-refractivity contribution in [1.29, 1.82) is 0 Å². The number of likely N-dealkylation sites (N-methyl/N-ethyl adjacent to an activating group) is 1. The van der Waals surface area contributed by atoms with E-state index in [1.165, 1.54) is 18.4 Å². The summed E-state index contributed by atoms with van der Waals surface area (Å²) in [6.45, 7) is 1.71. The number of aliphatic imine (C=N–C) groups is 1. The molecule has 0 radical (unpaired) electrons. The molecule has 138 valence electrons. The smallest absolute Gasteiger partial charge is 0.341 e. The minimum Gasteiger partial charge on any atom is -0.507 e. The number of thiophene rings is 1. The van der Waals surface area contributed by atoms with Gasteiger partial charge in [0.15, 0.2) is 0 Å². The first-order valence-electron chi connectivity index (χ1n) is 8.74. The third-order valence-electron chi connectivity index (χ3n) is 4.88. The second-order valence-electron chi connectivity index (χ2n) is 6.64. The first kappa shape index (κ1) is 17.7. The zero-order valence-corrected chi connectivity index (χ0v) is 16.0. The number of methoxy groups -OCH3 is 1. The van der Waals surface area contributed by atoms with Crippen LogP contribution in [0.15, 0.2) is 41.4 Å². The maximum Gasteiger partial charge on any atom is 0.341 e. The number of phenolic OH excluding ortho intramolecular Hbond substituents is 1. The molecule has 1 aliphatic heterocycles. The van der Waals surface area contributed by atoms with Crippen molar-refractivity contribution >= 4 is 39.3 Å². The van der Waals surface area contributed by atoms with Gasteiger partial charge in [-0.2, -0.15) is 0 Å². The van der Waals surface area contributed by atoms with Gasteiger partial charge in [-0.1, -0.05) is 30.3 Å². The predicted octanol–water partition coefficient (Wildman–Crippen LogP) is 4.13. The van der Waals surface area contributed by atoms with E-state index < -0.39 is 0 Å². The fourth-order valence-corrected chi connectivity index (χ4v) is 4.72. The van der Waals surface area contributed by atoms with Crippen molar-refractivity contribution in [3.63, 3.8) is 0 Å². The Hall–Kier alpha value is -2.70. The minimum absolute atomic E-state index is 0.165. The lowest BCUT2D eigenvalue weighted by Crippen LogP contribution is -2.26. The number of ether oxygens (including phenoxy) is 1. The molecule has 1 aromatic heterocycles. The molecule has 0 saturated heterocycles. The van der Waals surface area contributed by atoms with Gasteiger partial charge in [-0.15, -0.1) is 11.3 Å². The SMILES string of the molecule is COC(=O)c1c(N=Cc2c(O)ccc3ccccc23)sc2c1CCN(C)C2. The molecule has 0 amide bonds. The number of nitrogens with zero attached hydrogens (tertiary/aromatic N) is 2. The quantitative estimate of drug-likeness (QED) is 0.548.